The van der Waals surface area contributed by atoms with Gasteiger partial charge in [-0.3, -0.25) is 0 Å². The summed E-state index contributed by atoms with van der Waals surface area (Å²) in [7, 11) is 2.07. The van der Waals surface area contributed by atoms with E-state index in [4.69, 9.17) is 4.74 Å². The van der Waals surface area contributed by atoms with Gasteiger partial charge in [0.25, 0.3) is 0 Å². The number of halogens is 1. The number of rotatable bonds is 6. The van der Waals surface area contributed by atoms with Gasteiger partial charge in [0.15, 0.2) is 0 Å². The van der Waals surface area contributed by atoms with Crippen LogP contribution in [0.5, 0.6) is 0 Å². The number of thiophene rings is 1. The molecule has 4 rings (SSSR count). The number of ether oxygens (including phenoxy) is 1. The van der Waals surface area contributed by atoms with Gasteiger partial charge in [0.1, 0.15) is 5.82 Å². The van der Waals surface area contributed by atoms with Gasteiger partial charge in [0.05, 0.1) is 5.60 Å². The molecule has 2 nitrogen and oxygen atoms in total. The Morgan fingerprint density at radius 1 is 1.15 bits per heavy atom. The minimum atomic E-state index is -0.153. The first kappa shape index (κ1) is 19.1. The van der Waals surface area contributed by atoms with Crippen molar-refractivity contribution in [2.24, 2.45) is 0 Å². The number of likely N-dealkylation sites (N-methyl/N-ethyl adjacent to an activating group) is 1. The van der Waals surface area contributed by atoms with E-state index in [1.807, 2.05) is 23.5 Å². The summed E-state index contributed by atoms with van der Waals surface area (Å²) in [6.07, 6.45) is 9.07. The Morgan fingerprint density at radius 2 is 1.93 bits per heavy atom. The highest BCUT2D eigenvalue weighted by Crippen LogP contribution is 2.50. The summed E-state index contributed by atoms with van der Waals surface area (Å²) in [5, 5.41) is 5.72. The van der Waals surface area contributed by atoms with Gasteiger partial charge in [-0.15, -0.1) is 11.3 Å². The second kappa shape index (κ2) is 8.02. The summed E-state index contributed by atoms with van der Waals surface area (Å²) in [5.41, 5.74) is 1.37. The van der Waals surface area contributed by atoms with Gasteiger partial charge in [-0.05, 0) is 74.7 Å². The van der Waals surface area contributed by atoms with E-state index in [-0.39, 0.29) is 16.8 Å². The summed E-state index contributed by atoms with van der Waals surface area (Å²) in [4.78, 5) is 1.42. The highest BCUT2D eigenvalue weighted by molar-refractivity contribution is 7.09. The van der Waals surface area contributed by atoms with E-state index < -0.39 is 0 Å². The molecule has 2 atom stereocenters. The number of hydrogen-bond donors (Lipinski definition) is 1. The number of benzene rings is 1. The highest BCUT2D eigenvalue weighted by Gasteiger charge is 2.48. The van der Waals surface area contributed by atoms with Gasteiger partial charge in [-0.25, -0.2) is 4.39 Å². The van der Waals surface area contributed by atoms with Crippen LogP contribution in [-0.4, -0.2) is 25.3 Å². The van der Waals surface area contributed by atoms with E-state index in [0.717, 1.165) is 32.3 Å². The van der Waals surface area contributed by atoms with Crippen LogP contribution in [0.25, 0.3) is 0 Å². The molecule has 27 heavy (non-hydrogen) atoms. The lowest BCUT2D eigenvalue weighted by atomic mass is 9.64. The molecular weight excluding hydrogens is 357 g/mol. The fourth-order valence-electron chi connectivity index (χ4n) is 5.32. The lowest BCUT2D eigenvalue weighted by Crippen LogP contribution is -2.49. The van der Waals surface area contributed by atoms with Crippen molar-refractivity contribution >= 4 is 11.3 Å². The molecule has 1 N–H and O–H groups in total. The predicted octanol–water partition coefficient (Wildman–Crippen LogP) is 5.47. The minimum Gasteiger partial charge on any atom is -0.375 e. The molecule has 2 aromatic rings. The van der Waals surface area contributed by atoms with E-state index in [1.165, 1.54) is 36.1 Å². The van der Waals surface area contributed by atoms with Crippen molar-refractivity contribution in [3.05, 3.63) is 58.0 Å². The SMILES string of the molecule is CNC(Cc1cccs1)CC1(c2ccc(F)cc2)CCOC2(CCCC2)C1. The molecule has 1 aromatic carbocycles. The molecule has 4 heteroatoms. The topological polar surface area (TPSA) is 21.3 Å². The first-order valence-electron chi connectivity index (χ1n) is 10.2. The van der Waals surface area contributed by atoms with Crippen LogP contribution >= 0.6 is 11.3 Å². The maximum atomic E-state index is 13.6. The first-order chi connectivity index (χ1) is 13.1. The second-order valence-electron chi connectivity index (χ2n) is 8.43. The molecule has 1 saturated carbocycles. The second-order valence-corrected chi connectivity index (χ2v) is 9.46. The Balaban J connectivity index is 1.63. The molecule has 146 valence electrons. The van der Waals surface area contributed by atoms with Crippen molar-refractivity contribution in [2.75, 3.05) is 13.7 Å². The highest BCUT2D eigenvalue weighted by atomic mass is 32.1. The van der Waals surface area contributed by atoms with Gasteiger partial charge in [-0.2, -0.15) is 0 Å². The molecule has 1 spiro atoms. The molecule has 1 saturated heterocycles. The van der Waals surface area contributed by atoms with Crippen LogP contribution in [0.15, 0.2) is 41.8 Å². The Bertz CT molecular complexity index is 723. The number of nitrogens with one attached hydrogen (secondary N) is 1. The van der Waals surface area contributed by atoms with Crippen molar-refractivity contribution in [1.82, 2.24) is 5.32 Å². The van der Waals surface area contributed by atoms with Gasteiger partial charge in [-0.1, -0.05) is 31.0 Å². The summed E-state index contributed by atoms with van der Waals surface area (Å²) >= 11 is 1.83. The van der Waals surface area contributed by atoms with Crippen LogP contribution in [0, 0.1) is 5.82 Å². The molecule has 1 aliphatic heterocycles. The lowest BCUT2D eigenvalue weighted by molar-refractivity contribution is -0.105. The van der Waals surface area contributed by atoms with Gasteiger partial charge in [0.2, 0.25) is 0 Å². The molecule has 2 aliphatic rings. The monoisotopic (exact) mass is 387 g/mol. The third-order valence-corrected chi connectivity index (χ3v) is 7.59. The van der Waals surface area contributed by atoms with E-state index in [0.29, 0.717) is 6.04 Å². The third kappa shape index (κ3) is 4.13. The first-order valence-corrected chi connectivity index (χ1v) is 11.1. The number of hydrogen-bond acceptors (Lipinski definition) is 3. The maximum Gasteiger partial charge on any atom is 0.123 e. The van der Waals surface area contributed by atoms with Crippen LogP contribution in [0.2, 0.25) is 0 Å². The molecule has 1 aromatic heterocycles. The molecule has 0 amide bonds. The van der Waals surface area contributed by atoms with Crippen molar-refractivity contribution < 1.29 is 9.13 Å². The van der Waals surface area contributed by atoms with Crippen LogP contribution in [0.3, 0.4) is 0 Å². The smallest absolute Gasteiger partial charge is 0.123 e. The fourth-order valence-corrected chi connectivity index (χ4v) is 6.11. The zero-order chi connectivity index (χ0) is 18.7. The summed E-state index contributed by atoms with van der Waals surface area (Å²) in [6.45, 7) is 0.812. The van der Waals surface area contributed by atoms with Crippen molar-refractivity contribution in [3.63, 3.8) is 0 Å². The summed E-state index contributed by atoms with van der Waals surface area (Å²) < 4.78 is 20.0. The standard InChI is InChI=1S/C23H30FNOS/c1-25-20(15-21-5-4-14-27-21)16-22(18-6-8-19(24)9-7-18)12-13-26-23(17-22)10-2-3-11-23/h4-9,14,20,25H,2-3,10-13,15-17H2,1H3. The van der Waals surface area contributed by atoms with Crippen molar-refractivity contribution in [3.8, 4) is 0 Å². The van der Waals surface area contributed by atoms with E-state index in [1.54, 1.807) is 12.1 Å². The quantitative estimate of drug-likeness (QED) is 0.710. The van der Waals surface area contributed by atoms with E-state index >= 15 is 0 Å². The summed E-state index contributed by atoms with van der Waals surface area (Å²) in [5.74, 6) is -0.153. The van der Waals surface area contributed by atoms with Gasteiger partial charge >= 0.3 is 0 Å². The molecule has 2 heterocycles. The average molecular weight is 388 g/mol. The van der Waals surface area contributed by atoms with E-state index in [9.17, 15) is 4.39 Å². The Morgan fingerprint density at radius 3 is 2.59 bits per heavy atom. The van der Waals surface area contributed by atoms with Gasteiger partial charge < -0.3 is 10.1 Å². The normalized spacial score (nSPS) is 25.7. The van der Waals surface area contributed by atoms with Crippen LogP contribution in [-0.2, 0) is 16.6 Å². The van der Waals surface area contributed by atoms with Crippen LogP contribution < -0.4 is 5.32 Å². The maximum absolute atomic E-state index is 13.6. The molecule has 0 radical (unpaired) electrons. The fraction of sp³-hybridized carbons (Fsp3) is 0.565. The molecular formula is C23H30FNOS. The van der Waals surface area contributed by atoms with Crippen LogP contribution in [0.1, 0.15) is 55.4 Å². The summed E-state index contributed by atoms with van der Waals surface area (Å²) in [6, 6.07) is 12.0. The van der Waals surface area contributed by atoms with Crippen molar-refractivity contribution in [1.29, 1.82) is 0 Å². The lowest BCUT2D eigenvalue weighted by Gasteiger charge is -2.48. The Kier molecular flexibility index (Phi) is 5.68. The third-order valence-electron chi connectivity index (χ3n) is 6.69. The molecule has 2 unspecified atom stereocenters. The molecule has 1 aliphatic carbocycles. The predicted molar refractivity (Wildman–Crippen MR) is 110 cm³/mol. The molecule has 2 fully saturated rings. The molecule has 0 bridgehead atoms. The Hall–Kier alpha value is -1.23. The Labute approximate surface area is 166 Å². The average Bonchev–Trinajstić information content (AvgIpc) is 3.34. The zero-order valence-corrected chi connectivity index (χ0v) is 17.0. The van der Waals surface area contributed by atoms with Crippen molar-refractivity contribution in [2.45, 2.75) is 68.4 Å². The van der Waals surface area contributed by atoms with Crippen LogP contribution in [0.4, 0.5) is 4.39 Å². The van der Waals surface area contributed by atoms with Gasteiger partial charge in [0, 0.05) is 22.9 Å². The minimum absolute atomic E-state index is 0.0356. The zero-order valence-electron chi connectivity index (χ0n) is 16.2. The van der Waals surface area contributed by atoms with E-state index in [2.05, 4.69) is 29.9 Å². The largest absolute Gasteiger partial charge is 0.375 e.